The highest BCUT2D eigenvalue weighted by molar-refractivity contribution is 5.49. The van der Waals surface area contributed by atoms with E-state index in [1.165, 1.54) is 0 Å². The van der Waals surface area contributed by atoms with Gasteiger partial charge in [0.15, 0.2) is 0 Å². The van der Waals surface area contributed by atoms with E-state index in [1.54, 1.807) is 19.2 Å². The lowest BCUT2D eigenvalue weighted by atomic mass is 10.1. The van der Waals surface area contributed by atoms with Crippen molar-refractivity contribution in [3.63, 3.8) is 0 Å². The predicted molar refractivity (Wildman–Crippen MR) is 79.6 cm³/mol. The zero-order valence-electron chi connectivity index (χ0n) is 12.4. The van der Waals surface area contributed by atoms with Gasteiger partial charge in [-0.25, -0.2) is 4.39 Å². The van der Waals surface area contributed by atoms with Crippen LogP contribution in [0, 0.1) is 5.82 Å². The first kappa shape index (κ1) is 16.9. The molecule has 114 valence electrons. The van der Waals surface area contributed by atoms with Crippen molar-refractivity contribution >= 4 is 5.69 Å². The summed E-state index contributed by atoms with van der Waals surface area (Å²) in [6, 6.07) is 5.25. The summed E-state index contributed by atoms with van der Waals surface area (Å²) in [5, 5.41) is 12.2. The maximum Gasteiger partial charge on any atom is 0.146 e. The van der Waals surface area contributed by atoms with Crippen LogP contribution >= 0.6 is 0 Å². The summed E-state index contributed by atoms with van der Waals surface area (Å²) >= 11 is 0. The van der Waals surface area contributed by atoms with Crippen molar-refractivity contribution in [2.45, 2.75) is 19.9 Å². The maximum absolute atomic E-state index is 14.1. The Labute approximate surface area is 120 Å². The van der Waals surface area contributed by atoms with Crippen LogP contribution in [-0.4, -0.2) is 45.1 Å². The van der Waals surface area contributed by atoms with E-state index in [-0.39, 0.29) is 12.4 Å². The number of nitrogens with zero attached hydrogens (tertiary/aromatic N) is 1. The van der Waals surface area contributed by atoms with Gasteiger partial charge in [0.25, 0.3) is 0 Å². The van der Waals surface area contributed by atoms with Crippen LogP contribution in [0.15, 0.2) is 18.2 Å². The van der Waals surface area contributed by atoms with Crippen LogP contribution in [0.1, 0.15) is 18.9 Å². The van der Waals surface area contributed by atoms with Gasteiger partial charge < -0.3 is 20.1 Å². The second-order valence-corrected chi connectivity index (χ2v) is 4.67. The van der Waals surface area contributed by atoms with Gasteiger partial charge >= 0.3 is 0 Å². The largest absolute Gasteiger partial charge is 0.395 e. The fraction of sp³-hybridized carbons (Fsp3) is 0.600. The van der Waals surface area contributed by atoms with Gasteiger partial charge in [0.2, 0.25) is 0 Å². The van der Waals surface area contributed by atoms with Crippen molar-refractivity contribution in [1.82, 2.24) is 5.32 Å². The molecule has 0 unspecified atom stereocenters. The van der Waals surface area contributed by atoms with Gasteiger partial charge in [-0.1, -0.05) is 13.0 Å². The summed E-state index contributed by atoms with van der Waals surface area (Å²) in [6.07, 6.45) is 0.916. The summed E-state index contributed by atoms with van der Waals surface area (Å²) in [6.45, 7) is 5.26. The number of methoxy groups -OCH3 is 1. The van der Waals surface area contributed by atoms with E-state index in [0.717, 1.165) is 25.1 Å². The topological polar surface area (TPSA) is 44.7 Å². The summed E-state index contributed by atoms with van der Waals surface area (Å²) in [5.74, 6) is -0.238. The minimum absolute atomic E-state index is 0.0275. The molecule has 0 spiro atoms. The van der Waals surface area contributed by atoms with Crippen LogP contribution < -0.4 is 10.2 Å². The normalized spacial score (nSPS) is 10.8. The summed E-state index contributed by atoms with van der Waals surface area (Å²) in [7, 11) is 1.65. The lowest BCUT2D eigenvalue weighted by Gasteiger charge is -2.24. The number of ether oxygens (including phenoxy) is 1. The molecule has 0 radical (unpaired) electrons. The molecular weight excluding hydrogens is 259 g/mol. The van der Waals surface area contributed by atoms with E-state index in [4.69, 9.17) is 9.84 Å². The first-order valence-electron chi connectivity index (χ1n) is 7.06. The van der Waals surface area contributed by atoms with E-state index in [2.05, 4.69) is 5.32 Å². The molecule has 0 saturated heterocycles. The number of rotatable bonds is 10. The molecule has 1 aromatic carbocycles. The van der Waals surface area contributed by atoms with Gasteiger partial charge in [0.1, 0.15) is 5.82 Å². The Hall–Kier alpha value is -1.17. The van der Waals surface area contributed by atoms with Gasteiger partial charge in [-0.05, 0) is 24.1 Å². The highest BCUT2D eigenvalue weighted by Gasteiger charge is 2.11. The first-order chi connectivity index (χ1) is 9.72. The Balaban J connectivity index is 2.65. The van der Waals surface area contributed by atoms with Crippen molar-refractivity contribution < 1.29 is 14.2 Å². The molecule has 0 aliphatic heterocycles. The van der Waals surface area contributed by atoms with Crippen LogP contribution in [0.2, 0.25) is 0 Å². The Morgan fingerprint density at radius 1 is 1.35 bits per heavy atom. The van der Waals surface area contributed by atoms with Crippen molar-refractivity contribution in [3.05, 3.63) is 29.6 Å². The monoisotopic (exact) mass is 284 g/mol. The zero-order chi connectivity index (χ0) is 14.8. The number of hydrogen-bond acceptors (Lipinski definition) is 4. The highest BCUT2D eigenvalue weighted by atomic mass is 19.1. The van der Waals surface area contributed by atoms with E-state index >= 15 is 0 Å². The standard InChI is InChI=1S/C15H25FN2O2/c1-3-7-18(8-9-19)15-5-4-13(11-14(15)16)12-17-6-10-20-2/h4-5,11,17,19H,3,6-10,12H2,1-2H3. The lowest BCUT2D eigenvalue weighted by molar-refractivity contribution is 0.199. The SMILES string of the molecule is CCCN(CCO)c1ccc(CNCCOC)cc1F. The number of nitrogens with one attached hydrogen (secondary N) is 1. The van der Waals surface area contributed by atoms with Crippen LogP contribution in [-0.2, 0) is 11.3 Å². The van der Waals surface area contributed by atoms with Crippen LogP contribution in [0.5, 0.6) is 0 Å². The van der Waals surface area contributed by atoms with E-state index < -0.39 is 0 Å². The number of aliphatic hydroxyl groups is 1. The maximum atomic E-state index is 14.1. The Kier molecular flexibility index (Phi) is 8.18. The molecule has 0 aliphatic carbocycles. The van der Waals surface area contributed by atoms with Crippen LogP contribution in [0.4, 0.5) is 10.1 Å². The molecule has 0 bridgehead atoms. The molecule has 4 nitrogen and oxygen atoms in total. The van der Waals surface area contributed by atoms with Gasteiger partial charge in [-0.2, -0.15) is 0 Å². The first-order valence-corrected chi connectivity index (χ1v) is 7.06. The van der Waals surface area contributed by atoms with Crippen LogP contribution in [0.25, 0.3) is 0 Å². The molecule has 1 rings (SSSR count). The Morgan fingerprint density at radius 3 is 2.75 bits per heavy atom. The third-order valence-corrected chi connectivity index (χ3v) is 3.03. The molecule has 5 heteroatoms. The molecule has 0 amide bonds. The Bertz CT molecular complexity index is 382. The second kappa shape index (κ2) is 9.69. The molecule has 0 heterocycles. The van der Waals surface area contributed by atoms with E-state index in [0.29, 0.717) is 25.4 Å². The van der Waals surface area contributed by atoms with E-state index in [9.17, 15) is 4.39 Å². The molecule has 0 saturated carbocycles. The quantitative estimate of drug-likeness (QED) is 0.643. The number of halogens is 1. The summed E-state index contributed by atoms with van der Waals surface area (Å²) in [4.78, 5) is 1.87. The van der Waals surface area contributed by atoms with Gasteiger partial charge in [-0.3, -0.25) is 0 Å². The molecule has 0 atom stereocenters. The minimum Gasteiger partial charge on any atom is -0.395 e. The number of aliphatic hydroxyl groups excluding tert-OH is 1. The van der Waals surface area contributed by atoms with Gasteiger partial charge in [-0.15, -0.1) is 0 Å². The lowest BCUT2D eigenvalue weighted by Crippen LogP contribution is -2.28. The number of hydrogen-bond donors (Lipinski definition) is 2. The number of benzene rings is 1. The fourth-order valence-electron chi connectivity index (χ4n) is 2.07. The van der Waals surface area contributed by atoms with Gasteiger partial charge in [0.05, 0.1) is 18.9 Å². The Morgan fingerprint density at radius 2 is 2.15 bits per heavy atom. The molecule has 1 aromatic rings. The van der Waals surface area contributed by atoms with Crippen molar-refractivity contribution in [2.24, 2.45) is 0 Å². The average molecular weight is 284 g/mol. The third-order valence-electron chi connectivity index (χ3n) is 3.03. The highest BCUT2D eigenvalue weighted by Crippen LogP contribution is 2.20. The zero-order valence-corrected chi connectivity index (χ0v) is 12.4. The van der Waals surface area contributed by atoms with Crippen LogP contribution in [0.3, 0.4) is 0 Å². The number of anilines is 1. The summed E-state index contributed by atoms with van der Waals surface area (Å²) < 4.78 is 19.1. The second-order valence-electron chi connectivity index (χ2n) is 4.67. The minimum atomic E-state index is -0.238. The molecule has 0 aliphatic rings. The van der Waals surface area contributed by atoms with Crippen molar-refractivity contribution in [3.8, 4) is 0 Å². The third kappa shape index (κ3) is 5.45. The molecular formula is C15H25FN2O2. The fourth-order valence-corrected chi connectivity index (χ4v) is 2.07. The smallest absolute Gasteiger partial charge is 0.146 e. The molecule has 0 aromatic heterocycles. The average Bonchev–Trinajstić information content (AvgIpc) is 2.44. The molecule has 0 fully saturated rings. The molecule has 20 heavy (non-hydrogen) atoms. The molecule has 2 N–H and O–H groups in total. The summed E-state index contributed by atoms with van der Waals surface area (Å²) in [5.41, 5.74) is 1.46. The van der Waals surface area contributed by atoms with E-state index in [1.807, 2.05) is 17.9 Å². The van der Waals surface area contributed by atoms with Crippen molar-refractivity contribution in [1.29, 1.82) is 0 Å². The predicted octanol–water partition coefficient (Wildman–Crippen LogP) is 1.77. The van der Waals surface area contributed by atoms with Crippen molar-refractivity contribution in [2.75, 3.05) is 44.9 Å². The van der Waals surface area contributed by atoms with Gasteiger partial charge in [0, 0.05) is 33.3 Å².